The van der Waals surface area contributed by atoms with Gasteiger partial charge in [0.2, 0.25) is 15.9 Å². The monoisotopic (exact) mass is 479 g/mol. The number of ether oxygens (including phenoxy) is 1. The summed E-state index contributed by atoms with van der Waals surface area (Å²) < 4.78 is 31.2. The first kappa shape index (κ1) is 25.4. The van der Waals surface area contributed by atoms with Crippen LogP contribution in [0.3, 0.4) is 0 Å². The molecule has 0 spiro atoms. The Bertz CT molecular complexity index is 1040. The normalized spacial score (nSPS) is 23.7. The van der Waals surface area contributed by atoms with E-state index in [4.69, 9.17) is 4.74 Å². The second-order valence-corrected chi connectivity index (χ2v) is 11.3. The molecule has 3 atom stereocenters. The molecule has 9 nitrogen and oxygen atoms in total. The van der Waals surface area contributed by atoms with Crippen LogP contribution in [0.4, 0.5) is 0 Å². The van der Waals surface area contributed by atoms with Crippen LogP contribution in [0.2, 0.25) is 0 Å². The van der Waals surface area contributed by atoms with Gasteiger partial charge in [-0.3, -0.25) is 4.79 Å². The van der Waals surface area contributed by atoms with Crippen LogP contribution in [0, 0.1) is 17.8 Å². The fourth-order valence-corrected chi connectivity index (χ4v) is 4.47. The van der Waals surface area contributed by atoms with Gasteiger partial charge < -0.3 is 19.8 Å². The van der Waals surface area contributed by atoms with E-state index in [1.54, 1.807) is 17.9 Å². The van der Waals surface area contributed by atoms with Gasteiger partial charge in [0.05, 0.1) is 25.4 Å². The smallest absolute Gasteiger partial charge is 0.259 e. The fraction of sp³-hybridized carbons (Fsp3) is 0.652. The van der Waals surface area contributed by atoms with Crippen molar-refractivity contribution in [1.82, 2.24) is 14.2 Å². The molecule has 1 aliphatic carbocycles. The first-order valence-electron chi connectivity index (χ1n) is 11.2. The Balaban J connectivity index is 1.99. The number of aromatic nitrogens is 1. The zero-order chi connectivity index (χ0) is 24.4. The highest BCUT2D eigenvalue weighted by atomic mass is 32.2. The molecule has 2 N–H and O–H groups in total. The zero-order valence-electron chi connectivity index (χ0n) is 19.6. The minimum Gasteiger partial charge on any atom is -0.472 e. The zero-order valence-corrected chi connectivity index (χ0v) is 20.4. The largest absolute Gasteiger partial charge is 0.472 e. The van der Waals surface area contributed by atoms with Gasteiger partial charge >= 0.3 is 0 Å². The Labute approximate surface area is 195 Å². The lowest BCUT2D eigenvalue weighted by molar-refractivity contribution is 0.0373. The number of carbonyl (C=O) groups excluding carboxylic acids is 1. The number of aliphatic hydroxyl groups is 2. The van der Waals surface area contributed by atoms with Crippen molar-refractivity contribution in [1.29, 1.82) is 0 Å². The van der Waals surface area contributed by atoms with Gasteiger partial charge in [0.25, 0.3) is 5.91 Å². The quantitative estimate of drug-likeness (QED) is 0.601. The van der Waals surface area contributed by atoms with Crippen LogP contribution in [0.1, 0.15) is 55.5 Å². The highest BCUT2D eigenvalue weighted by molar-refractivity contribution is 7.88. The maximum atomic E-state index is 13.4. The molecule has 0 saturated heterocycles. The molecule has 0 unspecified atom stereocenters. The van der Waals surface area contributed by atoms with Crippen molar-refractivity contribution < 1.29 is 28.2 Å². The molecule has 2 aliphatic rings. The first-order chi connectivity index (χ1) is 15.4. The number of fused-ring (bicyclic) bond motifs is 1. The summed E-state index contributed by atoms with van der Waals surface area (Å²) in [5.74, 6) is 5.38. The summed E-state index contributed by atoms with van der Waals surface area (Å²) in [5, 5.41) is 20.2. The van der Waals surface area contributed by atoms with Crippen molar-refractivity contribution in [2.45, 2.75) is 57.3 Å². The van der Waals surface area contributed by atoms with Gasteiger partial charge in [-0.1, -0.05) is 18.8 Å². The standard InChI is InChI=1S/C23H33N3O6S/c1-16-13-26(17(2)15-27)22(28)19-11-18(7-10-23(29)8-5-6-9-23)12-24-21(19)32-20(16)14-25(3)33(4,30)31/h11-12,16-17,20,27,29H,5-6,8-9,13-15H2,1-4H3/t16-,17+,20+/m0/s1. The molecular weight excluding hydrogens is 446 g/mol. The Morgan fingerprint density at radius 2 is 2.06 bits per heavy atom. The van der Waals surface area contributed by atoms with Crippen LogP contribution in [-0.2, 0) is 10.0 Å². The molecule has 1 amide bonds. The number of sulfonamides is 1. The van der Waals surface area contributed by atoms with E-state index < -0.39 is 27.8 Å². The van der Waals surface area contributed by atoms with Crippen LogP contribution < -0.4 is 4.74 Å². The lowest BCUT2D eigenvalue weighted by Gasteiger charge is -2.37. The number of pyridine rings is 1. The summed E-state index contributed by atoms with van der Waals surface area (Å²) >= 11 is 0. The third-order valence-electron chi connectivity index (χ3n) is 6.39. The Morgan fingerprint density at radius 3 is 2.67 bits per heavy atom. The van der Waals surface area contributed by atoms with Gasteiger partial charge in [0, 0.05) is 31.3 Å². The number of hydrogen-bond donors (Lipinski definition) is 2. The lowest BCUT2D eigenvalue weighted by Crippen LogP contribution is -2.50. The first-order valence-corrected chi connectivity index (χ1v) is 13.0. The highest BCUT2D eigenvalue weighted by Gasteiger charge is 2.35. The van der Waals surface area contributed by atoms with Crippen molar-refractivity contribution in [3.05, 3.63) is 23.4 Å². The van der Waals surface area contributed by atoms with E-state index in [1.165, 1.54) is 17.5 Å². The molecule has 0 aromatic carbocycles. The number of amides is 1. The SMILES string of the molecule is C[C@H](CO)N1C[C@H](C)[C@@H](CN(C)S(C)(=O)=O)Oc2ncc(C#CC3(O)CCCC3)cc2C1=O. The predicted octanol–water partition coefficient (Wildman–Crippen LogP) is 0.850. The van der Waals surface area contributed by atoms with Gasteiger partial charge in [-0.05, 0) is 38.7 Å². The van der Waals surface area contributed by atoms with E-state index >= 15 is 0 Å². The number of aliphatic hydroxyl groups excluding tert-OH is 1. The molecule has 3 rings (SSSR count). The maximum absolute atomic E-state index is 13.4. The van der Waals surface area contributed by atoms with Crippen molar-refractivity contribution in [2.75, 3.05) is 33.0 Å². The summed E-state index contributed by atoms with van der Waals surface area (Å²) in [4.78, 5) is 19.3. The number of likely N-dealkylation sites (N-methyl/N-ethyl adjacent to an activating group) is 1. The molecule has 10 heteroatoms. The molecule has 0 radical (unpaired) electrons. The maximum Gasteiger partial charge on any atom is 0.259 e. The molecule has 182 valence electrons. The summed E-state index contributed by atoms with van der Waals surface area (Å²) in [6.45, 7) is 3.76. The average Bonchev–Trinajstić information content (AvgIpc) is 3.20. The molecule has 2 heterocycles. The molecule has 1 aromatic rings. The van der Waals surface area contributed by atoms with E-state index in [0.717, 1.165) is 19.1 Å². The summed E-state index contributed by atoms with van der Waals surface area (Å²) in [5.41, 5.74) is -0.348. The molecule has 0 bridgehead atoms. The minimum atomic E-state index is -3.43. The van der Waals surface area contributed by atoms with E-state index in [-0.39, 0.29) is 43.0 Å². The fourth-order valence-electron chi connectivity index (χ4n) is 4.05. The van der Waals surface area contributed by atoms with Gasteiger partial charge in [-0.25, -0.2) is 17.7 Å². The van der Waals surface area contributed by atoms with Crippen molar-refractivity contribution in [3.63, 3.8) is 0 Å². The van der Waals surface area contributed by atoms with Crippen molar-refractivity contribution >= 4 is 15.9 Å². The van der Waals surface area contributed by atoms with E-state index in [9.17, 15) is 23.4 Å². The van der Waals surface area contributed by atoms with Crippen LogP contribution in [0.15, 0.2) is 12.3 Å². The minimum absolute atomic E-state index is 0.0885. The van der Waals surface area contributed by atoms with Gasteiger partial charge in [0.1, 0.15) is 17.3 Å². The average molecular weight is 480 g/mol. The topological polar surface area (TPSA) is 120 Å². The number of nitrogens with zero attached hydrogens (tertiary/aromatic N) is 3. The molecule has 1 saturated carbocycles. The Hall–Kier alpha value is -2.19. The van der Waals surface area contributed by atoms with Crippen molar-refractivity contribution in [3.8, 4) is 17.7 Å². The van der Waals surface area contributed by atoms with Gasteiger partial charge in [-0.15, -0.1) is 0 Å². The molecule has 1 aliphatic heterocycles. The van der Waals surface area contributed by atoms with E-state index in [0.29, 0.717) is 18.4 Å². The summed E-state index contributed by atoms with van der Waals surface area (Å²) in [6, 6.07) is 1.13. The molecule has 1 fully saturated rings. The summed E-state index contributed by atoms with van der Waals surface area (Å²) in [7, 11) is -1.95. The Morgan fingerprint density at radius 1 is 1.39 bits per heavy atom. The van der Waals surface area contributed by atoms with Crippen LogP contribution >= 0.6 is 0 Å². The number of hydrogen-bond acceptors (Lipinski definition) is 7. The van der Waals surface area contributed by atoms with Crippen LogP contribution in [0.5, 0.6) is 5.88 Å². The summed E-state index contributed by atoms with van der Waals surface area (Å²) in [6.07, 6.45) is 5.14. The lowest BCUT2D eigenvalue weighted by atomic mass is 10.00. The second-order valence-electron chi connectivity index (χ2n) is 9.23. The van der Waals surface area contributed by atoms with Crippen LogP contribution in [0.25, 0.3) is 0 Å². The molecule has 1 aromatic heterocycles. The van der Waals surface area contributed by atoms with Crippen LogP contribution in [-0.4, -0.2) is 89.5 Å². The molecular formula is C23H33N3O6S. The van der Waals surface area contributed by atoms with Gasteiger partial charge in [-0.2, -0.15) is 0 Å². The van der Waals surface area contributed by atoms with Gasteiger partial charge in [0.15, 0.2) is 0 Å². The molecule has 33 heavy (non-hydrogen) atoms. The predicted molar refractivity (Wildman–Crippen MR) is 123 cm³/mol. The van der Waals surface area contributed by atoms with E-state index in [1.807, 2.05) is 6.92 Å². The van der Waals surface area contributed by atoms with E-state index in [2.05, 4.69) is 16.8 Å². The third-order valence-corrected chi connectivity index (χ3v) is 7.68. The van der Waals surface area contributed by atoms with Crippen molar-refractivity contribution in [2.24, 2.45) is 5.92 Å². The Kier molecular flexibility index (Phi) is 7.69. The third kappa shape index (κ3) is 6.03. The second kappa shape index (κ2) is 9.97. The highest BCUT2D eigenvalue weighted by Crippen LogP contribution is 2.30. The number of rotatable bonds is 5. The number of carbonyl (C=O) groups is 1.